The minimum absolute atomic E-state index is 0.110. The third-order valence-electron chi connectivity index (χ3n) is 3.50. The molecule has 2 nitrogen and oxygen atoms in total. The molecule has 2 aromatic carbocycles. The van der Waals surface area contributed by atoms with Gasteiger partial charge in [-0.15, -0.1) is 0 Å². The third-order valence-corrected chi connectivity index (χ3v) is 3.73. The molecule has 1 heterocycles. The Hall–Kier alpha value is -2.33. The summed E-state index contributed by atoms with van der Waals surface area (Å²) in [5.41, 5.74) is 2.52. The lowest BCUT2D eigenvalue weighted by molar-refractivity contribution is 0.293. The Bertz CT molecular complexity index is 825. The van der Waals surface area contributed by atoms with E-state index in [4.69, 9.17) is 16.3 Å². The first-order valence-corrected chi connectivity index (χ1v) is 7.43. The van der Waals surface area contributed by atoms with E-state index in [0.29, 0.717) is 10.8 Å². The molecule has 0 unspecified atom stereocenters. The maximum absolute atomic E-state index is 13.7. The van der Waals surface area contributed by atoms with Gasteiger partial charge in [0.25, 0.3) is 0 Å². The molecule has 0 aliphatic carbocycles. The SMILES string of the molecule is Cc1ccc(-c2ccc(Cl)cc2OCc2c(F)cccc2F)[nH]1. The fourth-order valence-electron chi connectivity index (χ4n) is 2.32. The molecule has 0 saturated heterocycles. The minimum Gasteiger partial charge on any atom is -0.488 e. The highest BCUT2D eigenvalue weighted by Crippen LogP contribution is 2.33. The van der Waals surface area contributed by atoms with Crippen molar-refractivity contribution in [2.45, 2.75) is 13.5 Å². The highest BCUT2D eigenvalue weighted by atomic mass is 35.5. The van der Waals surface area contributed by atoms with Crippen LogP contribution < -0.4 is 4.74 Å². The van der Waals surface area contributed by atoms with Crippen LogP contribution in [0.3, 0.4) is 0 Å². The lowest BCUT2D eigenvalue weighted by Crippen LogP contribution is -2.02. The van der Waals surface area contributed by atoms with Crippen LogP contribution in [0, 0.1) is 18.6 Å². The highest BCUT2D eigenvalue weighted by Gasteiger charge is 2.13. The second kappa shape index (κ2) is 6.42. The van der Waals surface area contributed by atoms with Gasteiger partial charge in [0.05, 0.1) is 5.56 Å². The van der Waals surface area contributed by atoms with Gasteiger partial charge >= 0.3 is 0 Å². The van der Waals surface area contributed by atoms with Crippen molar-refractivity contribution in [3.63, 3.8) is 0 Å². The summed E-state index contributed by atoms with van der Waals surface area (Å²) in [4.78, 5) is 3.20. The number of rotatable bonds is 4. The van der Waals surface area contributed by atoms with Gasteiger partial charge in [-0.25, -0.2) is 8.78 Å². The molecule has 0 bridgehead atoms. The standard InChI is InChI=1S/C18H14ClF2NO/c1-11-5-8-17(22-11)13-7-6-12(19)9-18(13)23-10-14-15(20)3-2-4-16(14)21/h2-9,22H,10H2,1H3. The van der Waals surface area contributed by atoms with Crippen LogP contribution in [0.25, 0.3) is 11.3 Å². The zero-order chi connectivity index (χ0) is 16.4. The molecule has 0 saturated carbocycles. The molecule has 0 atom stereocenters. The number of aromatic nitrogens is 1. The molecule has 118 valence electrons. The molecule has 0 fully saturated rings. The number of nitrogens with one attached hydrogen (secondary N) is 1. The minimum atomic E-state index is -0.635. The zero-order valence-corrected chi connectivity index (χ0v) is 13.1. The molecule has 5 heteroatoms. The Morgan fingerprint density at radius 2 is 1.78 bits per heavy atom. The fourth-order valence-corrected chi connectivity index (χ4v) is 2.48. The number of aryl methyl sites for hydroxylation is 1. The molecule has 3 rings (SSSR count). The Morgan fingerprint density at radius 1 is 1.04 bits per heavy atom. The van der Waals surface area contributed by atoms with Crippen molar-refractivity contribution in [2.24, 2.45) is 0 Å². The van der Waals surface area contributed by atoms with Gasteiger partial charge in [-0.2, -0.15) is 0 Å². The summed E-state index contributed by atoms with van der Waals surface area (Å²) in [5.74, 6) is -0.810. The van der Waals surface area contributed by atoms with Crippen molar-refractivity contribution >= 4 is 11.6 Å². The van der Waals surface area contributed by atoms with Crippen molar-refractivity contribution in [2.75, 3.05) is 0 Å². The number of benzene rings is 2. The maximum Gasteiger partial charge on any atom is 0.132 e. The molecule has 3 aromatic rings. The van der Waals surface area contributed by atoms with Gasteiger partial charge in [-0.1, -0.05) is 17.7 Å². The highest BCUT2D eigenvalue weighted by molar-refractivity contribution is 6.30. The topological polar surface area (TPSA) is 25.0 Å². The number of H-pyrrole nitrogens is 1. The monoisotopic (exact) mass is 333 g/mol. The molecule has 0 spiro atoms. The van der Waals surface area contributed by atoms with Gasteiger partial charge in [0, 0.05) is 22.0 Å². The van der Waals surface area contributed by atoms with E-state index in [0.717, 1.165) is 17.0 Å². The van der Waals surface area contributed by atoms with Gasteiger partial charge in [-0.3, -0.25) is 0 Å². The van der Waals surface area contributed by atoms with E-state index in [1.54, 1.807) is 18.2 Å². The number of halogens is 3. The molecule has 0 radical (unpaired) electrons. The van der Waals surface area contributed by atoms with Crippen LogP contribution in [0.1, 0.15) is 11.3 Å². The van der Waals surface area contributed by atoms with Crippen LogP contribution in [-0.2, 0) is 6.61 Å². The second-order valence-electron chi connectivity index (χ2n) is 5.18. The molecule has 23 heavy (non-hydrogen) atoms. The summed E-state index contributed by atoms with van der Waals surface area (Å²) < 4.78 is 33.1. The fraction of sp³-hybridized carbons (Fsp3) is 0.111. The van der Waals surface area contributed by atoms with Crippen LogP contribution >= 0.6 is 11.6 Å². The molecule has 0 amide bonds. The lowest BCUT2D eigenvalue weighted by atomic mass is 10.1. The second-order valence-corrected chi connectivity index (χ2v) is 5.62. The smallest absolute Gasteiger partial charge is 0.132 e. The van der Waals surface area contributed by atoms with Crippen LogP contribution in [-0.4, -0.2) is 4.98 Å². The molecule has 1 aromatic heterocycles. The summed E-state index contributed by atoms with van der Waals surface area (Å²) in [6.45, 7) is 1.72. The normalized spacial score (nSPS) is 10.8. The summed E-state index contributed by atoms with van der Waals surface area (Å²) in [6.07, 6.45) is 0. The average Bonchev–Trinajstić information content (AvgIpc) is 2.93. The van der Waals surface area contributed by atoms with Crippen LogP contribution in [0.2, 0.25) is 5.02 Å². The number of hydrogen-bond donors (Lipinski definition) is 1. The van der Waals surface area contributed by atoms with E-state index in [-0.39, 0.29) is 12.2 Å². The van der Waals surface area contributed by atoms with Gasteiger partial charge in [-0.05, 0) is 49.4 Å². The van der Waals surface area contributed by atoms with Crippen LogP contribution in [0.5, 0.6) is 5.75 Å². The summed E-state index contributed by atoms with van der Waals surface area (Å²) >= 11 is 6.02. The third kappa shape index (κ3) is 3.37. The van der Waals surface area contributed by atoms with Crippen molar-refractivity contribution in [1.29, 1.82) is 0 Å². The Kier molecular flexibility index (Phi) is 4.35. The largest absolute Gasteiger partial charge is 0.488 e. The quantitative estimate of drug-likeness (QED) is 0.670. The van der Waals surface area contributed by atoms with Crippen LogP contribution in [0.4, 0.5) is 8.78 Å². The zero-order valence-electron chi connectivity index (χ0n) is 12.4. The Morgan fingerprint density at radius 3 is 2.43 bits per heavy atom. The van der Waals surface area contributed by atoms with Crippen LogP contribution in [0.15, 0.2) is 48.5 Å². The predicted octanol–water partition coefficient (Wildman–Crippen LogP) is 5.50. The number of ether oxygens (including phenoxy) is 1. The number of aromatic amines is 1. The summed E-state index contributed by atoms with van der Waals surface area (Å²) in [7, 11) is 0. The van der Waals surface area contributed by atoms with Crippen molar-refractivity contribution in [3.8, 4) is 17.0 Å². The first kappa shape index (κ1) is 15.6. The van der Waals surface area contributed by atoms with E-state index >= 15 is 0 Å². The summed E-state index contributed by atoms with van der Waals surface area (Å²) in [5, 5.41) is 0.487. The van der Waals surface area contributed by atoms with Gasteiger partial charge in [0.15, 0.2) is 0 Å². The Balaban J connectivity index is 1.92. The molecule has 0 aliphatic heterocycles. The van der Waals surface area contributed by atoms with Gasteiger partial charge in [0.1, 0.15) is 24.0 Å². The Labute approximate surface area is 137 Å². The van der Waals surface area contributed by atoms with E-state index in [9.17, 15) is 8.78 Å². The molecule has 0 aliphatic rings. The van der Waals surface area contributed by atoms with E-state index in [1.807, 2.05) is 19.1 Å². The van der Waals surface area contributed by atoms with Gasteiger partial charge in [0.2, 0.25) is 0 Å². The first-order chi connectivity index (χ1) is 11.0. The average molecular weight is 334 g/mol. The van der Waals surface area contributed by atoms with Crippen molar-refractivity contribution in [3.05, 3.63) is 76.4 Å². The molecule has 1 N–H and O–H groups in total. The first-order valence-electron chi connectivity index (χ1n) is 7.06. The van der Waals surface area contributed by atoms with Crippen molar-refractivity contribution in [1.82, 2.24) is 4.98 Å². The lowest BCUT2D eigenvalue weighted by Gasteiger charge is -2.12. The predicted molar refractivity (Wildman–Crippen MR) is 86.7 cm³/mol. The summed E-state index contributed by atoms with van der Waals surface area (Å²) in [6, 6.07) is 12.8. The molecular weight excluding hydrogens is 320 g/mol. The van der Waals surface area contributed by atoms with E-state index in [1.165, 1.54) is 18.2 Å². The number of hydrogen-bond acceptors (Lipinski definition) is 1. The van der Waals surface area contributed by atoms with E-state index in [2.05, 4.69) is 4.98 Å². The van der Waals surface area contributed by atoms with Gasteiger partial charge < -0.3 is 9.72 Å². The molecular formula is C18H14ClF2NO. The van der Waals surface area contributed by atoms with E-state index < -0.39 is 11.6 Å². The maximum atomic E-state index is 13.7. The van der Waals surface area contributed by atoms with Crippen molar-refractivity contribution < 1.29 is 13.5 Å².